The molecule has 0 unspecified atom stereocenters. The second kappa shape index (κ2) is 12.0. The Morgan fingerprint density at radius 3 is 2.11 bits per heavy atom. The van der Waals surface area contributed by atoms with Crippen LogP contribution in [0, 0.1) is 6.92 Å². The number of carbonyl (C=O) groups excluding carboxylic acids is 1. The first kappa shape index (κ1) is 27.0. The van der Waals surface area contributed by atoms with Crippen molar-refractivity contribution in [2.24, 2.45) is 0 Å². The number of amides is 1. The lowest BCUT2D eigenvalue weighted by Gasteiger charge is -2.35. The van der Waals surface area contributed by atoms with Gasteiger partial charge in [-0.05, 0) is 54.3 Å². The van der Waals surface area contributed by atoms with Crippen molar-refractivity contribution >= 4 is 11.7 Å². The van der Waals surface area contributed by atoms with Gasteiger partial charge in [0.25, 0.3) is 5.91 Å². The zero-order valence-electron chi connectivity index (χ0n) is 23.0. The third-order valence-corrected chi connectivity index (χ3v) is 6.71. The predicted octanol–water partition coefficient (Wildman–Crippen LogP) is 4.33. The Hall–Kier alpha value is -4.01. The summed E-state index contributed by atoms with van der Waals surface area (Å²) < 4.78 is 22.3. The Morgan fingerprint density at radius 2 is 1.55 bits per heavy atom. The molecule has 0 radical (unpaired) electrons. The Bertz CT molecular complexity index is 1230. The first-order valence-corrected chi connectivity index (χ1v) is 12.7. The molecule has 3 aromatic rings. The van der Waals surface area contributed by atoms with E-state index in [1.807, 2.05) is 42.2 Å². The molecule has 9 heteroatoms. The highest BCUT2D eigenvalue weighted by Gasteiger charge is 2.23. The summed E-state index contributed by atoms with van der Waals surface area (Å²) in [5.74, 6) is 3.51. The molecule has 0 atom stereocenters. The summed E-state index contributed by atoms with van der Waals surface area (Å²) in [7, 11) is 4.73. The fraction of sp³-hybridized carbons (Fsp3) is 0.414. The summed E-state index contributed by atoms with van der Waals surface area (Å²) >= 11 is 0. The molecule has 0 N–H and O–H groups in total. The SMILES string of the molecule is COc1cc(-c2ccc(N3CCN(C(=O)COc4cc(C)ccc4C(C)C)CC3)nn2)cc(OC)c1OC. The quantitative estimate of drug-likeness (QED) is 0.412. The number of hydrogen-bond acceptors (Lipinski definition) is 8. The highest BCUT2D eigenvalue weighted by Crippen LogP contribution is 2.40. The number of aromatic nitrogens is 2. The number of piperazine rings is 1. The van der Waals surface area contributed by atoms with Gasteiger partial charge in [0.2, 0.25) is 5.75 Å². The third-order valence-electron chi connectivity index (χ3n) is 6.71. The van der Waals surface area contributed by atoms with E-state index in [-0.39, 0.29) is 12.5 Å². The summed E-state index contributed by atoms with van der Waals surface area (Å²) in [5, 5.41) is 8.88. The maximum absolute atomic E-state index is 12.9. The molecule has 2 aromatic carbocycles. The van der Waals surface area contributed by atoms with Gasteiger partial charge in [0.15, 0.2) is 23.9 Å². The maximum atomic E-state index is 12.9. The van der Waals surface area contributed by atoms with E-state index >= 15 is 0 Å². The first-order valence-electron chi connectivity index (χ1n) is 12.7. The van der Waals surface area contributed by atoms with Crippen LogP contribution >= 0.6 is 0 Å². The molecular formula is C29H36N4O5. The number of aryl methyl sites for hydroxylation is 1. The van der Waals surface area contributed by atoms with Crippen LogP contribution in [-0.2, 0) is 4.79 Å². The maximum Gasteiger partial charge on any atom is 0.260 e. The number of benzene rings is 2. The van der Waals surface area contributed by atoms with Crippen molar-refractivity contribution in [2.75, 3.05) is 59.0 Å². The Labute approximate surface area is 224 Å². The minimum Gasteiger partial charge on any atom is -0.493 e. The van der Waals surface area contributed by atoms with Crippen LogP contribution in [0.1, 0.15) is 30.9 Å². The molecule has 202 valence electrons. The molecule has 4 rings (SSSR count). The molecule has 1 aliphatic rings. The lowest BCUT2D eigenvalue weighted by Crippen LogP contribution is -2.50. The molecule has 1 fully saturated rings. The van der Waals surface area contributed by atoms with Crippen LogP contribution in [0.2, 0.25) is 0 Å². The lowest BCUT2D eigenvalue weighted by molar-refractivity contribution is -0.133. The fourth-order valence-electron chi connectivity index (χ4n) is 4.54. The second-order valence-corrected chi connectivity index (χ2v) is 9.54. The van der Waals surface area contributed by atoms with Crippen molar-refractivity contribution in [1.82, 2.24) is 15.1 Å². The van der Waals surface area contributed by atoms with Crippen LogP contribution < -0.4 is 23.8 Å². The van der Waals surface area contributed by atoms with E-state index in [0.29, 0.717) is 55.0 Å². The molecule has 0 bridgehead atoms. The molecule has 1 amide bonds. The fourth-order valence-corrected chi connectivity index (χ4v) is 4.54. The minimum atomic E-state index is -0.00954. The second-order valence-electron chi connectivity index (χ2n) is 9.54. The summed E-state index contributed by atoms with van der Waals surface area (Å²) in [4.78, 5) is 16.8. The van der Waals surface area contributed by atoms with Gasteiger partial charge in [0, 0.05) is 31.7 Å². The third kappa shape index (κ3) is 5.93. The highest BCUT2D eigenvalue weighted by atomic mass is 16.5. The van der Waals surface area contributed by atoms with Crippen LogP contribution in [0.4, 0.5) is 5.82 Å². The van der Waals surface area contributed by atoms with E-state index in [1.165, 1.54) is 0 Å². The van der Waals surface area contributed by atoms with E-state index in [0.717, 1.165) is 28.3 Å². The van der Waals surface area contributed by atoms with E-state index < -0.39 is 0 Å². The van der Waals surface area contributed by atoms with Gasteiger partial charge in [-0.15, -0.1) is 10.2 Å². The summed E-state index contributed by atoms with van der Waals surface area (Å²) in [5.41, 5.74) is 3.73. The molecule has 1 saturated heterocycles. The average Bonchev–Trinajstić information content (AvgIpc) is 2.95. The average molecular weight is 521 g/mol. The molecule has 38 heavy (non-hydrogen) atoms. The van der Waals surface area contributed by atoms with E-state index in [9.17, 15) is 4.79 Å². The highest BCUT2D eigenvalue weighted by molar-refractivity contribution is 5.78. The van der Waals surface area contributed by atoms with Crippen molar-refractivity contribution in [3.8, 4) is 34.3 Å². The number of hydrogen-bond donors (Lipinski definition) is 0. The van der Waals surface area contributed by atoms with Gasteiger partial charge >= 0.3 is 0 Å². The lowest BCUT2D eigenvalue weighted by atomic mass is 10.0. The molecule has 0 saturated carbocycles. The Morgan fingerprint density at radius 1 is 0.868 bits per heavy atom. The van der Waals surface area contributed by atoms with Gasteiger partial charge in [0.1, 0.15) is 5.75 Å². The largest absolute Gasteiger partial charge is 0.493 e. The minimum absolute atomic E-state index is 0.00954. The number of methoxy groups -OCH3 is 3. The number of rotatable bonds is 9. The molecule has 0 spiro atoms. The standard InChI is InChI=1S/C29H36N4O5/c1-19(2)22-8-7-20(3)15-24(22)38-18-28(34)33-13-11-32(12-14-33)27-10-9-23(30-31-27)21-16-25(35-4)29(37-6)26(17-21)36-5/h7-10,15-17,19H,11-14,18H2,1-6H3. The zero-order chi connectivity index (χ0) is 27.2. The van der Waals surface area contributed by atoms with Crippen molar-refractivity contribution in [3.63, 3.8) is 0 Å². The summed E-state index contributed by atoms with van der Waals surface area (Å²) in [6.07, 6.45) is 0. The molecule has 1 aliphatic heterocycles. The smallest absolute Gasteiger partial charge is 0.260 e. The molecule has 9 nitrogen and oxygen atoms in total. The number of ether oxygens (including phenoxy) is 4. The van der Waals surface area contributed by atoms with Crippen LogP contribution in [-0.4, -0.2) is 75.1 Å². The van der Waals surface area contributed by atoms with Crippen molar-refractivity contribution in [3.05, 3.63) is 53.6 Å². The topological polar surface area (TPSA) is 86.3 Å². The van der Waals surface area contributed by atoms with Crippen LogP contribution in [0.5, 0.6) is 23.0 Å². The van der Waals surface area contributed by atoms with Crippen molar-refractivity contribution in [1.29, 1.82) is 0 Å². The van der Waals surface area contributed by atoms with Crippen LogP contribution in [0.25, 0.3) is 11.3 Å². The summed E-state index contributed by atoms with van der Waals surface area (Å²) in [6, 6.07) is 13.7. The van der Waals surface area contributed by atoms with Gasteiger partial charge < -0.3 is 28.7 Å². The molecule has 0 aliphatic carbocycles. The number of carbonyl (C=O) groups is 1. The Kier molecular flexibility index (Phi) is 8.55. The monoisotopic (exact) mass is 520 g/mol. The van der Waals surface area contributed by atoms with Crippen LogP contribution in [0.3, 0.4) is 0 Å². The predicted molar refractivity (Wildman–Crippen MR) is 147 cm³/mol. The molecular weight excluding hydrogens is 484 g/mol. The van der Waals surface area contributed by atoms with Crippen molar-refractivity contribution < 1.29 is 23.7 Å². The molecule has 2 heterocycles. The zero-order valence-corrected chi connectivity index (χ0v) is 23.0. The first-order chi connectivity index (χ1) is 18.3. The summed E-state index contributed by atoms with van der Waals surface area (Å²) in [6.45, 7) is 8.85. The number of anilines is 1. The van der Waals surface area contributed by atoms with Gasteiger partial charge in [-0.3, -0.25) is 4.79 Å². The van der Waals surface area contributed by atoms with E-state index in [2.05, 4.69) is 41.1 Å². The normalized spacial score (nSPS) is 13.4. The van der Waals surface area contributed by atoms with Crippen molar-refractivity contribution in [2.45, 2.75) is 26.7 Å². The van der Waals surface area contributed by atoms with Gasteiger partial charge in [-0.25, -0.2) is 0 Å². The number of nitrogens with zero attached hydrogens (tertiary/aromatic N) is 4. The Balaban J connectivity index is 1.36. The van der Waals surface area contributed by atoms with Crippen LogP contribution in [0.15, 0.2) is 42.5 Å². The van der Waals surface area contributed by atoms with Gasteiger partial charge in [0.05, 0.1) is 27.0 Å². The molecule has 1 aromatic heterocycles. The van der Waals surface area contributed by atoms with E-state index in [4.69, 9.17) is 18.9 Å². The van der Waals surface area contributed by atoms with E-state index in [1.54, 1.807) is 21.3 Å². The van der Waals surface area contributed by atoms with Gasteiger partial charge in [-0.2, -0.15) is 0 Å². The van der Waals surface area contributed by atoms with Gasteiger partial charge in [-0.1, -0.05) is 26.0 Å².